The zero-order valence-corrected chi connectivity index (χ0v) is 23.4. The Bertz CT molecular complexity index is 1110. The Morgan fingerprint density at radius 2 is 1.11 bits per heavy atom. The predicted molar refractivity (Wildman–Crippen MR) is 156 cm³/mol. The molecule has 3 aromatic carbocycles. The Morgan fingerprint density at radius 1 is 0.632 bits per heavy atom. The molecular formula is C32H42N4O2. The summed E-state index contributed by atoms with van der Waals surface area (Å²) in [5, 5.41) is 0. The molecule has 0 saturated carbocycles. The SMILES string of the molecule is CCN(CC)c1ccc(CN2CCN(Cc3ccc(N(CC)CC)cc3)C2c2ccc3c(c2)OCO3)cc1. The van der Waals surface area contributed by atoms with Crippen LogP contribution in [0.3, 0.4) is 0 Å². The molecule has 0 aliphatic carbocycles. The third-order valence-corrected chi connectivity index (χ3v) is 7.96. The fourth-order valence-electron chi connectivity index (χ4n) is 5.83. The highest BCUT2D eigenvalue weighted by molar-refractivity contribution is 5.49. The smallest absolute Gasteiger partial charge is 0.231 e. The molecule has 6 nitrogen and oxygen atoms in total. The lowest BCUT2D eigenvalue weighted by Gasteiger charge is -2.31. The van der Waals surface area contributed by atoms with Gasteiger partial charge < -0.3 is 19.3 Å². The normalized spacial score (nSPS) is 15.8. The maximum absolute atomic E-state index is 5.75. The summed E-state index contributed by atoms with van der Waals surface area (Å²) in [6, 6.07) is 24.7. The Balaban J connectivity index is 1.37. The molecular weight excluding hydrogens is 472 g/mol. The molecule has 0 atom stereocenters. The van der Waals surface area contributed by atoms with Crippen molar-refractivity contribution in [2.24, 2.45) is 0 Å². The topological polar surface area (TPSA) is 31.4 Å². The summed E-state index contributed by atoms with van der Waals surface area (Å²) in [6.45, 7) is 17.1. The number of hydrogen-bond donors (Lipinski definition) is 0. The minimum Gasteiger partial charge on any atom is -0.454 e. The van der Waals surface area contributed by atoms with Crippen molar-refractivity contribution in [3.05, 3.63) is 83.4 Å². The summed E-state index contributed by atoms with van der Waals surface area (Å²) in [7, 11) is 0. The molecule has 0 unspecified atom stereocenters. The molecule has 1 saturated heterocycles. The molecule has 2 heterocycles. The standard InChI is InChI=1S/C32H42N4O2/c1-5-33(6-2)28-14-9-25(10-15-28)22-35-19-20-36(23-26-11-16-29(17-12-26)34(7-3)8-4)32(35)27-13-18-30-31(21-27)38-24-37-30/h9-18,21,32H,5-8,19-20,22-24H2,1-4H3. The van der Waals surface area contributed by atoms with E-state index in [9.17, 15) is 0 Å². The van der Waals surface area contributed by atoms with Gasteiger partial charge in [0.15, 0.2) is 11.5 Å². The first-order chi connectivity index (χ1) is 18.6. The van der Waals surface area contributed by atoms with Crippen LogP contribution in [0.4, 0.5) is 11.4 Å². The molecule has 38 heavy (non-hydrogen) atoms. The van der Waals surface area contributed by atoms with Crippen molar-refractivity contribution in [2.75, 3.05) is 55.9 Å². The molecule has 0 radical (unpaired) electrons. The lowest BCUT2D eigenvalue weighted by molar-refractivity contribution is 0.125. The van der Waals surface area contributed by atoms with Crippen LogP contribution in [0.25, 0.3) is 0 Å². The molecule has 1 fully saturated rings. The second-order valence-corrected chi connectivity index (χ2v) is 10.1. The molecule has 6 heteroatoms. The van der Waals surface area contributed by atoms with Gasteiger partial charge >= 0.3 is 0 Å². The molecule has 2 aliphatic heterocycles. The van der Waals surface area contributed by atoms with E-state index in [2.05, 4.69) is 114 Å². The van der Waals surface area contributed by atoms with Gasteiger partial charge in [0, 0.05) is 63.7 Å². The van der Waals surface area contributed by atoms with E-state index in [0.717, 1.165) is 63.9 Å². The molecule has 0 bridgehead atoms. The van der Waals surface area contributed by atoms with E-state index in [1.165, 1.54) is 28.1 Å². The predicted octanol–water partition coefficient (Wildman–Crippen LogP) is 6.12. The van der Waals surface area contributed by atoms with E-state index in [1.54, 1.807) is 0 Å². The Morgan fingerprint density at radius 3 is 1.58 bits per heavy atom. The van der Waals surface area contributed by atoms with Gasteiger partial charge in [-0.05, 0) is 80.8 Å². The third-order valence-electron chi connectivity index (χ3n) is 7.96. The van der Waals surface area contributed by atoms with E-state index in [0.29, 0.717) is 6.79 Å². The molecule has 202 valence electrons. The van der Waals surface area contributed by atoms with Crippen LogP contribution in [0, 0.1) is 0 Å². The van der Waals surface area contributed by atoms with Crippen molar-refractivity contribution in [3.63, 3.8) is 0 Å². The van der Waals surface area contributed by atoms with Crippen LogP contribution in [0.15, 0.2) is 66.7 Å². The van der Waals surface area contributed by atoms with Gasteiger partial charge in [0.05, 0.1) is 6.17 Å². The monoisotopic (exact) mass is 514 g/mol. The summed E-state index contributed by atoms with van der Waals surface area (Å²) >= 11 is 0. The number of rotatable bonds is 11. The highest BCUT2D eigenvalue weighted by Gasteiger charge is 2.34. The van der Waals surface area contributed by atoms with Crippen LogP contribution in [-0.4, -0.2) is 55.9 Å². The van der Waals surface area contributed by atoms with Crippen LogP contribution in [-0.2, 0) is 13.1 Å². The first kappa shape index (κ1) is 26.4. The van der Waals surface area contributed by atoms with Crippen molar-refractivity contribution >= 4 is 11.4 Å². The highest BCUT2D eigenvalue weighted by Crippen LogP contribution is 2.39. The van der Waals surface area contributed by atoms with Crippen LogP contribution in [0.2, 0.25) is 0 Å². The van der Waals surface area contributed by atoms with Crippen LogP contribution in [0.5, 0.6) is 11.5 Å². The maximum atomic E-state index is 5.75. The van der Waals surface area contributed by atoms with Gasteiger partial charge in [-0.25, -0.2) is 0 Å². The summed E-state index contributed by atoms with van der Waals surface area (Å²) in [5.74, 6) is 1.69. The van der Waals surface area contributed by atoms with Crippen LogP contribution < -0.4 is 19.3 Å². The van der Waals surface area contributed by atoms with Gasteiger partial charge in [-0.15, -0.1) is 0 Å². The van der Waals surface area contributed by atoms with E-state index in [4.69, 9.17) is 9.47 Å². The minimum atomic E-state index is 0.175. The Labute approximate surface area is 228 Å². The number of hydrogen-bond acceptors (Lipinski definition) is 6. The number of fused-ring (bicyclic) bond motifs is 1. The number of anilines is 2. The van der Waals surface area contributed by atoms with Gasteiger partial charge in [0.25, 0.3) is 0 Å². The summed E-state index contributed by atoms with van der Waals surface area (Å²) in [6.07, 6.45) is 0.175. The second-order valence-electron chi connectivity index (χ2n) is 10.1. The average Bonchev–Trinajstić information content (AvgIpc) is 3.58. The number of ether oxygens (including phenoxy) is 2. The molecule has 2 aliphatic rings. The fourth-order valence-corrected chi connectivity index (χ4v) is 5.83. The van der Waals surface area contributed by atoms with Crippen molar-refractivity contribution < 1.29 is 9.47 Å². The maximum Gasteiger partial charge on any atom is 0.231 e. The second kappa shape index (κ2) is 12.1. The first-order valence-corrected chi connectivity index (χ1v) is 14.2. The Kier molecular flexibility index (Phi) is 8.40. The van der Waals surface area contributed by atoms with Crippen molar-refractivity contribution in [1.82, 2.24) is 9.80 Å². The minimum absolute atomic E-state index is 0.175. The molecule has 0 N–H and O–H groups in total. The Hall–Kier alpha value is -3.22. The lowest BCUT2D eigenvalue weighted by atomic mass is 10.1. The molecule has 0 aromatic heterocycles. The van der Waals surface area contributed by atoms with Gasteiger partial charge in [-0.1, -0.05) is 30.3 Å². The lowest BCUT2D eigenvalue weighted by Crippen LogP contribution is -2.30. The molecule has 3 aromatic rings. The van der Waals surface area contributed by atoms with Gasteiger partial charge in [-0.2, -0.15) is 0 Å². The number of nitrogens with zero attached hydrogens (tertiary/aromatic N) is 4. The van der Waals surface area contributed by atoms with Gasteiger partial charge in [0.2, 0.25) is 6.79 Å². The average molecular weight is 515 g/mol. The molecule has 0 amide bonds. The zero-order valence-electron chi connectivity index (χ0n) is 23.4. The van der Waals surface area contributed by atoms with E-state index in [-0.39, 0.29) is 6.17 Å². The summed E-state index contributed by atoms with van der Waals surface area (Å²) in [4.78, 5) is 9.97. The van der Waals surface area contributed by atoms with Crippen molar-refractivity contribution in [1.29, 1.82) is 0 Å². The number of benzene rings is 3. The van der Waals surface area contributed by atoms with Gasteiger partial charge in [0.1, 0.15) is 0 Å². The van der Waals surface area contributed by atoms with Gasteiger partial charge in [-0.3, -0.25) is 9.80 Å². The largest absolute Gasteiger partial charge is 0.454 e. The zero-order chi connectivity index (χ0) is 26.5. The van der Waals surface area contributed by atoms with Crippen LogP contribution >= 0.6 is 0 Å². The van der Waals surface area contributed by atoms with Crippen molar-refractivity contribution in [3.8, 4) is 11.5 Å². The summed E-state index contributed by atoms with van der Waals surface area (Å²) in [5.41, 5.74) is 6.53. The van der Waals surface area contributed by atoms with Crippen molar-refractivity contribution in [2.45, 2.75) is 47.0 Å². The van der Waals surface area contributed by atoms with E-state index >= 15 is 0 Å². The summed E-state index contributed by atoms with van der Waals surface area (Å²) < 4.78 is 11.4. The highest BCUT2D eigenvalue weighted by atomic mass is 16.7. The fraction of sp³-hybridized carbons (Fsp3) is 0.438. The first-order valence-electron chi connectivity index (χ1n) is 14.2. The molecule has 0 spiro atoms. The van der Waals surface area contributed by atoms with E-state index in [1.807, 2.05) is 0 Å². The third kappa shape index (κ3) is 5.62. The quantitative estimate of drug-likeness (QED) is 0.306. The molecule has 5 rings (SSSR count). The van der Waals surface area contributed by atoms with Crippen LogP contribution in [0.1, 0.15) is 50.6 Å². The van der Waals surface area contributed by atoms with E-state index < -0.39 is 0 Å².